The van der Waals surface area contributed by atoms with E-state index in [4.69, 9.17) is 13.9 Å². The molecule has 0 spiro atoms. The smallest absolute Gasteiger partial charge is 0.235 e. The first-order valence-corrected chi connectivity index (χ1v) is 8.41. The summed E-state index contributed by atoms with van der Waals surface area (Å²) in [5.41, 5.74) is 2.23. The Balaban J connectivity index is 2.31. The molecule has 3 rings (SSSR count). The molecule has 0 saturated carbocycles. The zero-order valence-corrected chi connectivity index (χ0v) is 15.5. The number of fused-ring (bicyclic) bond motifs is 1. The van der Waals surface area contributed by atoms with Gasteiger partial charge in [-0.25, -0.2) is 0 Å². The highest BCUT2D eigenvalue weighted by molar-refractivity contribution is 5.85. The van der Waals surface area contributed by atoms with Crippen molar-refractivity contribution in [3.63, 3.8) is 0 Å². The Bertz CT molecular complexity index is 1060. The van der Waals surface area contributed by atoms with Crippen LogP contribution in [-0.4, -0.2) is 19.2 Å². The highest BCUT2D eigenvalue weighted by Gasteiger charge is 2.21. The quantitative estimate of drug-likeness (QED) is 0.689. The number of hydrogen-bond donors (Lipinski definition) is 0. The van der Waals surface area contributed by atoms with Crippen molar-refractivity contribution in [3.05, 3.63) is 57.7 Å². The molecule has 0 aliphatic carbocycles. The molecular weight excluding hydrogens is 348 g/mol. The van der Waals surface area contributed by atoms with Crippen molar-refractivity contribution >= 4 is 16.9 Å². The van der Waals surface area contributed by atoms with Crippen LogP contribution in [0.4, 0.5) is 0 Å². The van der Waals surface area contributed by atoms with E-state index >= 15 is 0 Å². The monoisotopic (exact) mass is 367 g/mol. The van der Waals surface area contributed by atoms with Crippen LogP contribution < -0.4 is 20.0 Å². The first-order valence-electron chi connectivity index (χ1n) is 8.41. The summed E-state index contributed by atoms with van der Waals surface area (Å²) >= 11 is 0. The van der Waals surface area contributed by atoms with Gasteiger partial charge in [-0.1, -0.05) is 6.07 Å². The van der Waals surface area contributed by atoms with Crippen molar-refractivity contribution in [1.82, 2.24) is 0 Å². The van der Waals surface area contributed by atoms with Gasteiger partial charge in [0, 0.05) is 5.56 Å². The molecule has 27 heavy (non-hydrogen) atoms. The standard InChI is InChI=1S/C21H20O6/c1-11-9-12(2)17-16(10-11)27-19(14-5-7-15(25-4)8-6-14)20(18(17)22)26-13(3)21(23)24/h5-10,13H,1-4H3,(H,23,24)/p-1/t13-/m1/s1. The molecule has 1 atom stereocenters. The van der Waals surface area contributed by atoms with Gasteiger partial charge in [0.1, 0.15) is 17.4 Å². The number of carbonyl (C=O) groups is 1. The molecule has 2 aromatic carbocycles. The number of carboxylic acid groups (broad SMARTS) is 1. The number of aryl methyl sites for hydroxylation is 2. The molecule has 1 heterocycles. The predicted molar refractivity (Wildman–Crippen MR) is 99.0 cm³/mol. The summed E-state index contributed by atoms with van der Waals surface area (Å²) in [6.45, 7) is 5.01. The highest BCUT2D eigenvalue weighted by atomic mass is 16.5. The zero-order chi connectivity index (χ0) is 19.7. The topological polar surface area (TPSA) is 88.8 Å². The summed E-state index contributed by atoms with van der Waals surface area (Å²) in [6.07, 6.45) is -1.31. The minimum absolute atomic E-state index is 0.156. The van der Waals surface area contributed by atoms with Gasteiger partial charge < -0.3 is 23.8 Å². The average molecular weight is 367 g/mol. The van der Waals surface area contributed by atoms with E-state index in [1.165, 1.54) is 6.92 Å². The second kappa shape index (κ2) is 7.15. The summed E-state index contributed by atoms with van der Waals surface area (Å²) in [5, 5.41) is 11.5. The van der Waals surface area contributed by atoms with Crippen molar-refractivity contribution in [2.24, 2.45) is 0 Å². The largest absolute Gasteiger partial charge is 0.546 e. The van der Waals surface area contributed by atoms with Crippen molar-refractivity contribution in [1.29, 1.82) is 0 Å². The molecule has 0 aliphatic rings. The fraction of sp³-hybridized carbons (Fsp3) is 0.238. The number of ether oxygens (including phenoxy) is 2. The van der Waals surface area contributed by atoms with Gasteiger partial charge >= 0.3 is 0 Å². The summed E-state index contributed by atoms with van der Waals surface area (Å²) in [6, 6.07) is 10.5. The molecule has 0 aliphatic heterocycles. The molecular formula is C21H19O6-. The molecule has 6 nitrogen and oxygen atoms in total. The maximum absolute atomic E-state index is 13.1. The maximum atomic E-state index is 13.1. The van der Waals surface area contributed by atoms with Crippen LogP contribution in [0.1, 0.15) is 18.1 Å². The Labute approximate surface area is 156 Å². The van der Waals surface area contributed by atoms with Gasteiger partial charge in [0.25, 0.3) is 0 Å². The van der Waals surface area contributed by atoms with E-state index in [1.807, 2.05) is 13.0 Å². The zero-order valence-electron chi connectivity index (χ0n) is 15.5. The Morgan fingerprint density at radius 3 is 2.41 bits per heavy atom. The molecule has 0 unspecified atom stereocenters. The molecule has 6 heteroatoms. The van der Waals surface area contributed by atoms with Gasteiger partial charge in [0.05, 0.1) is 18.5 Å². The molecule has 0 saturated heterocycles. The lowest BCUT2D eigenvalue weighted by atomic mass is 10.0. The number of carbonyl (C=O) groups excluding carboxylic acids is 1. The van der Waals surface area contributed by atoms with Crippen LogP contribution in [0.2, 0.25) is 0 Å². The molecule has 0 fully saturated rings. The van der Waals surface area contributed by atoms with Crippen LogP contribution in [0.3, 0.4) is 0 Å². The average Bonchev–Trinajstić information content (AvgIpc) is 2.63. The molecule has 0 N–H and O–H groups in total. The Kier molecular flexibility index (Phi) is 4.90. The van der Waals surface area contributed by atoms with Crippen LogP contribution in [-0.2, 0) is 4.79 Å². The first kappa shape index (κ1) is 18.5. The lowest BCUT2D eigenvalue weighted by Crippen LogP contribution is -2.38. The van der Waals surface area contributed by atoms with Crippen LogP contribution in [0.5, 0.6) is 11.5 Å². The Morgan fingerprint density at radius 1 is 1.15 bits per heavy atom. The second-order valence-corrected chi connectivity index (χ2v) is 6.35. The van der Waals surface area contributed by atoms with Crippen molar-refractivity contribution in [2.75, 3.05) is 7.11 Å². The normalized spacial score (nSPS) is 12.0. The number of benzene rings is 2. The van der Waals surface area contributed by atoms with E-state index in [0.717, 1.165) is 11.1 Å². The fourth-order valence-electron chi connectivity index (χ4n) is 2.94. The third kappa shape index (κ3) is 3.51. The summed E-state index contributed by atoms with van der Waals surface area (Å²) in [5.74, 6) is -0.778. The lowest BCUT2D eigenvalue weighted by Gasteiger charge is -2.18. The second-order valence-electron chi connectivity index (χ2n) is 6.35. The summed E-state index contributed by atoms with van der Waals surface area (Å²) in [7, 11) is 1.55. The van der Waals surface area contributed by atoms with Gasteiger partial charge in [-0.3, -0.25) is 4.79 Å². The molecule has 0 radical (unpaired) electrons. The third-order valence-electron chi connectivity index (χ3n) is 4.27. The maximum Gasteiger partial charge on any atom is 0.235 e. The molecule has 0 amide bonds. The fourth-order valence-corrected chi connectivity index (χ4v) is 2.94. The molecule has 0 bridgehead atoms. The van der Waals surface area contributed by atoms with Gasteiger partial charge in [0.15, 0.2) is 5.76 Å². The van der Waals surface area contributed by atoms with Gasteiger partial charge in [-0.15, -0.1) is 0 Å². The number of rotatable bonds is 5. The van der Waals surface area contributed by atoms with Crippen LogP contribution in [0.15, 0.2) is 45.6 Å². The van der Waals surface area contributed by atoms with Crippen LogP contribution in [0.25, 0.3) is 22.3 Å². The van der Waals surface area contributed by atoms with E-state index in [2.05, 4.69) is 0 Å². The number of methoxy groups -OCH3 is 1. The molecule has 140 valence electrons. The molecule has 1 aromatic heterocycles. The Hall–Kier alpha value is -3.28. The Morgan fingerprint density at radius 2 is 1.81 bits per heavy atom. The van der Waals surface area contributed by atoms with Gasteiger partial charge in [-0.05, 0) is 62.2 Å². The van der Waals surface area contributed by atoms with E-state index in [1.54, 1.807) is 44.4 Å². The minimum Gasteiger partial charge on any atom is -0.546 e. The van der Waals surface area contributed by atoms with Crippen molar-refractivity contribution in [3.8, 4) is 22.8 Å². The lowest BCUT2D eigenvalue weighted by molar-refractivity contribution is -0.312. The predicted octanol–water partition coefficient (Wildman–Crippen LogP) is 2.60. The number of hydrogen-bond acceptors (Lipinski definition) is 6. The van der Waals surface area contributed by atoms with E-state index in [9.17, 15) is 14.7 Å². The summed E-state index contributed by atoms with van der Waals surface area (Å²) in [4.78, 5) is 24.2. The van der Waals surface area contributed by atoms with Crippen LogP contribution in [0, 0.1) is 13.8 Å². The van der Waals surface area contributed by atoms with E-state index in [-0.39, 0.29) is 11.5 Å². The number of carboxylic acids is 1. The van der Waals surface area contributed by atoms with Crippen LogP contribution >= 0.6 is 0 Å². The van der Waals surface area contributed by atoms with Crippen molar-refractivity contribution < 1.29 is 23.8 Å². The summed E-state index contributed by atoms with van der Waals surface area (Å²) < 4.78 is 16.6. The third-order valence-corrected chi connectivity index (χ3v) is 4.27. The van der Waals surface area contributed by atoms with E-state index in [0.29, 0.717) is 22.3 Å². The highest BCUT2D eigenvalue weighted by Crippen LogP contribution is 2.33. The SMILES string of the molecule is COc1ccc(-c2oc3cc(C)cc(C)c3c(=O)c2O[C@H](C)C(=O)[O-])cc1. The van der Waals surface area contributed by atoms with Gasteiger partial charge in [-0.2, -0.15) is 0 Å². The van der Waals surface area contributed by atoms with Gasteiger partial charge in [0.2, 0.25) is 11.2 Å². The van der Waals surface area contributed by atoms with E-state index < -0.39 is 17.5 Å². The minimum atomic E-state index is -1.42. The number of aliphatic carboxylic acids is 1. The van der Waals surface area contributed by atoms with Crippen molar-refractivity contribution in [2.45, 2.75) is 26.9 Å². The first-order chi connectivity index (χ1) is 12.8. The molecule has 3 aromatic rings.